The van der Waals surface area contributed by atoms with Crippen LogP contribution in [0, 0.1) is 10.1 Å². The van der Waals surface area contributed by atoms with Crippen LogP contribution in [0.2, 0.25) is 0 Å². The van der Waals surface area contributed by atoms with Crippen molar-refractivity contribution in [2.24, 2.45) is 0 Å². The van der Waals surface area contributed by atoms with Gasteiger partial charge in [-0.1, -0.05) is 23.9 Å². The van der Waals surface area contributed by atoms with Crippen LogP contribution in [-0.2, 0) is 15.7 Å². The molecule has 148 valence electrons. The zero-order valence-corrected chi connectivity index (χ0v) is 15.2. The maximum absolute atomic E-state index is 13.4. The van der Waals surface area contributed by atoms with Crippen molar-refractivity contribution in [3.8, 4) is 0 Å². The van der Waals surface area contributed by atoms with Crippen LogP contribution in [-0.4, -0.2) is 31.1 Å². The van der Waals surface area contributed by atoms with Gasteiger partial charge in [0, 0.05) is 11.0 Å². The fourth-order valence-corrected chi connectivity index (χ4v) is 3.32. The summed E-state index contributed by atoms with van der Waals surface area (Å²) >= 11 is 0.577. The monoisotopic (exact) mass is 415 g/mol. The molecule has 0 amide bonds. The molecule has 0 saturated heterocycles. The van der Waals surface area contributed by atoms with Gasteiger partial charge in [-0.2, -0.15) is 13.2 Å². The fraction of sp³-hybridized carbons (Fsp3) is 0.176. The lowest BCUT2D eigenvalue weighted by Crippen LogP contribution is -2.15. The van der Waals surface area contributed by atoms with Crippen LogP contribution in [0.3, 0.4) is 0 Å². The van der Waals surface area contributed by atoms with Crippen LogP contribution in [0.4, 0.5) is 18.9 Å². The standard InChI is InChI=1S/C17H12F3NO6S/c1-26-15(22)9-5-3-4-6-13(9)28-14-8-11(17(18,19)20)10(16(23)27-2)7-12(14)21(24)25/h3-8H,1-2H3. The third kappa shape index (κ3) is 4.42. The summed E-state index contributed by atoms with van der Waals surface area (Å²) in [6.45, 7) is 0. The smallest absolute Gasteiger partial charge is 0.417 e. The lowest BCUT2D eigenvalue weighted by Gasteiger charge is -2.14. The SMILES string of the molecule is COC(=O)c1ccccc1Sc1cc(C(F)(F)F)c(C(=O)OC)cc1[N+](=O)[O-]. The number of halogens is 3. The van der Waals surface area contributed by atoms with Gasteiger partial charge in [-0.3, -0.25) is 10.1 Å². The molecule has 0 unspecified atom stereocenters. The summed E-state index contributed by atoms with van der Waals surface area (Å²) in [7, 11) is 1.99. The zero-order chi connectivity index (χ0) is 21.1. The second kappa shape index (κ2) is 8.30. The van der Waals surface area contributed by atoms with E-state index in [1.165, 1.54) is 24.3 Å². The molecule has 7 nitrogen and oxygen atoms in total. The van der Waals surface area contributed by atoms with Gasteiger partial charge in [-0.05, 0) is 18.2 Å². The molecule has 2 aromatic rings. The average molecular weight is 415 g/mol. The Labute approximate surface area is 160 Å². The topological polar surface area (TPSA) is 95.7 Å². The lowest BCUT2D eigenvalue weighted by molar-refractivity contribution is -0.387. The summed E-state index contributed by atoms with van der Waals surface area (Å²) in [5, 5.41) is 11.4. The van der Waals surface area contributed by atoms with Crippen molar-refractivity contribution in [3.63, 3.8) is 0 Å². The van der Waals surface area contributed by atoms with Crippen molar-refractivity contribution in [3.05, 3.63) is 63.2 Å². The van der Waals surface area contributed by atoms with Crippen molar-refractivity contribution in [2.75, 3.05) is 14.2 Å². The molecule has 2 aromatic carbocycles. The lowest BCUT2D eigenvalue weighted by atomic mass is 10.1. The molecule has 0 saturated carbocycles. The molecular weight excluding hydrogens is 403 g/mol. The quantitative estimate of drug-likeness (QED) is 0.407. The highest BCUT2D eigenvalue weighted by Gasteiger charge is 2.38. The Bertz CT molecular complexity index is 945. The highest BCUT2D eigenvalue weighted by molar-refractivity contribution is 7.99. The summed E-state index contributed by atoms with van der Waals surface area (Å²) < 4.78 is 49.1. The highest BCUT2D eigenvalue weighted by atomic mass is 32.2. The van der Waals surface area contributed by atoms with Gasteiger partial charge in [-0.15, -0.1) is 0 Å². The third-order valence-corrected chi connectivity index (χ3v) is 4.64. The Morgan fingerprint density at radius 2 is 1.57 bits per heavy atom. The van der Waals surface area contributed by atoms with Crippen LogP contribution in [0.1, 0.15) is 26.3 Å². The number of hydrogen-bond acceptors (Lipinski definition) is 7. The molecule has 0 aliphatic heterocycles. The van der Waals surface area contributed by atoms with E-state index in [0.717, 1.165) is 14.2 Å². The second-order valence-electron chi connectivity index (χ2n) is 5.20. The number of nitro groups is 1. The van der Waals surface area contributed by atoms with Gasteiger partial charge in [-0.25, -0.2) is 9.59 Å². The van der Waals surface area contributed by atoms with Crippen molar-refractivity contribution in [2.45, 2.75) is 16.0 Å². The van der Waals surface area contributed by atoms with E-state index in [1.807, 2.05) is 0 Å². The number of carbonyl (C=O) groups is 2. The minimum atomic E-state index is -4.96. The predicted molar refractivity (Wildman–Crippen MR) is 91.3 cm³/mol. The van der Waals surface area contributed by atoms with Crippen LogP contribution in [0.15, 0.2) is 46.2 Å². The van der Waals surface area contributed by atoms with E-state index in [9.17, 15) is 32.9 Å². The van der Waals surface area contributed by atoms with Crippen molar-refractivity contribution in [1.82, 2.24) is 0 Å². The number of rotatable bonds is 5. The molecule has 2 rings (SSSR count). The van der Waals surface area contributed by atoms with Gasteiger partial charge >= 0.3 is 18.1 Å². The van der Waals surface area contributed by atoms with Crippen molar-refractivity contribution < 1.29 is 37.2 Å². The minimum absolute atomic E-state index is 0.0231. The molecule has 0 N–H and O–H groups in total. The number of nitrogens with zero attached hydrogens (tertiary/aromatic N) is 1. The molecule has 0 aliphatic rings. The maximum atomic E-state index is 13.4. The molecule has 0 aliphatic carbocycles. The molecule has 0 spiro atoms. The average Bonchev–Trinajstić information content (AvgIpc) is 2.65. The van der Waals surface area contributed by atoms with Crippen LogP contribution >= 0.6 is 11.8 Å². The van der Waals surface area contributed by atoms with Crippen LogP contribution in [0.5, 0.6) is 0 Å². The Kier molecular flexibility index (Phi) is 6.29. The molecule has 0 heterocycles. The van der Waals surface area contributed by atoms with Crippen molar-refractivity contribution >= 4 is 29.4 Å². The van der Waals surface area contributed by atoms with Crippen LogP contribution in [0.25, 0.3) is 0 Å². The predicted octanol–water partition coefficient (Wildman–Crippen LogP) is 4.34. The summed E-state index contributed by atoms with van der Waals surface area (Å²) in [6.07, 6.45) is -4.96. The summed E-state index contributed by atoms with van der Waals surface area (Å²) in [4.78, 5) is 33.7. The first kappa shape index (κ1) is 21.2. The Hall–Kier alpha value is -3.08. The number of methoxy groups -OCH3 is 2. The van der Waals surface area contributed by atoms with E-state index in [1.54, 1.807) is 0 Å². The molecule has 0 aromatic heterocycles. The van der Waals surface area contributed by atoms with E-state index in [-0.39, 0.29) is 10.5 Å². The van der Waals surface area contributed by atoms with Gasteiger partial charge in [0.2, 0.25) is 0 Å². The number of alkyl halides is 3. The molecule has 11 heteroatoms. The Morgan fingerprint density at radius 3 is 2.11 bits per heavy atom. The number of ether oxygens (including phenoxy) is 2. The molecular formula is C17H12F3NO6S. The number of carbonyl (C=O) groups excluding carboxylic acids is 2. The molecule has 0 radical (unpaired) electrons. The summed E-state index contributed by atoms with van der Waals surface area (Å²) in [5.74, 6) is -2.12. The van der Waals surface area contributed by atoms with Crippen molar-refractivity contribution in [1.29, 1.82) is 0 Å². The maximum Gasteiger partial charge on any atom is 0.417 e. The zero-order valence-electron chi connectivity index (χ0n) is 14.4. The largest absolute Gasteiger partial charge is 0.465 e. The second-order valence-corrected chi connectivity index (χ2v) is 6.29. The first-order chi connectivity index (χ1) is 13.1. The minimum Gasteiger partial charge on any atom is -0.465 e. The van der Waals surface area contributed by atoms with Gasteiger partial charge in [0.25, 0.3) is 5.69 Å². The van der Waals surface area contributed by atoms with Gasteiger partial charge < -0.3 is 9.47 Å². The van der Waals surface area contributed by atoms with Gasteiger partial charge in [0.05, 0.1) is 40.7 Å². The summed E-state index contributed by atoms with van der Waals surface area (Å²) in [6, 6.07) is 6.79. The molecule has 0 atom stereocenters. The molecule has 0 fully saturated rings. The third-order valence-electron chi connectivity index (χ3n) is 3.52. The van der Waals surface area contributed by atoms with E-state index in [0.29, 0.717) is 23.9 Å². The molecule has 0 bridgehead atoms. The Morgan fingerprint density at radius 1 is 1.00 bits per heavy atom. The number of hydrogen-bond donors (Lipinski definition) is 0. The van der Waals surface area contributed by atoms with Gasteiger partial charge in [0.1, 0.15) is 0 Å². The van der Waals surface area contributed by atoms with E-state index in [2.05, 4.69) is 9.47 Å². The molecule has 28 heavy (non-hydrogen) atoms. The van der Waals surface area contributed by atoms with E-state index in [4.69, 9.17) is 0 Å². The number of nitro benzene ring substituents is 1. The number of esters is 2. The van der Waals surface area contributed by atoms with E-state index >= 15 is 0 Å². The van der Waals surface area contributed by atoms with E-state index < -0.39 is 44.7 Å². The highest BCUT2D eigenvalue weighted by Crippen LogP contribution is 2.42. The normalized spacial score (nSPS) is 11.0. The fourth-order valence-electron chi connectivity index (χ4n) is 2.26. The first-order valence-corrected chi connectivity index (χ1v) is 8.25. The Balaban J connectivity index is 2.69. The first-order valence-electron chi connectivity index (χ1n) is 7.43. The summed E-state index contributed by atoms with van der Waals surface area (Å²) in [5.41, 5.74) is -3.08. The number of benzene rings is 2. The van der Waals surface area contributed by atoms with Gasteiger partial charge in [0.15, 0.2) is 0 Å². The van der Waals surface area contributed by atoms with Crippen LogP contribution < -0.4 is 0 Å².